The van der Waals surface area contributed by atoms with E-state index in [1.165, 1.54) is 11.7 Å². The molecule has 0 aliphatic carbocycles. The first-order valence-corrected chi connectivity index (χ1v) is 8.90. The fourth-order valence-electron chi connectivity index (χ4n) is 2.33. The molecule has 0 bridgehead atoms. The molecule has 130 valence electrons. The van der Waals surface area contributed by atoms with Crippen molar-refractivity contribution in [3.63, 3.8) is 0 Å². The van der Waals surface area contributed by atoms with Gasteiger partial charge in [-0.15, -0.1) is 0 Å². The molecular weight excluding hydrogens is 332 g/mol. The lowest BCUT2D eigenvalue weighted by atomic mass is 10.2. The van der Waals surface area contributed by atoms with Crippen molar-refractivity contribution in [2.45, 2.75) is 25.4 Å². The van der Waals surface area contributed by atoms with Crippen LogP contribution in [-0.4, -0.2) is 41.6 Å². The molecule has 0 unspecified atom stereocenters. The lowest BCUT2D eigenvalue weighted by Gasteiger charge is -2.16. The van der Waals surface area contributed by atoms with Crippen molar-refractivity contribution in [3.8, 4) is 0 Å². The van der Waals surface area contributed by atoms with Gasteiger partial charge in [-0.1, -0.05) is 12.1 Å². The van der Waals surface area contributed by atoms with Crippen molar-refractivity contribution in [2.75, 3.05) is 19.1 Å². The highest BCUT2D eigenvalue weighted by Gasteiger charge is 2.21. The number of amides is 1. The highest BCUT2D eigenvalue weighted by atomic mass is 32.2. The van der Waals surface area contributed by atoms with Gasteiger partial charge in [0, 0.05) is 13.0 Å². The molecule has 0 saturated heterocycles. The molecule has 1 N–H and O–H groups in total. The molecule has 2 aromatic rings. The van der Waals surface area contributed by atoms with Gasteiger partial charge in [0.2, 0.25) is 5.91 Å². The number of ether oxygens (including phenoxy) is 1. The fraction of sp³-hybridized carbons (Fsp3) is 0.438. The lowest BCUT2D eigenvalue weighted by Crippen LogP contribution is -2.42. The van der Waals surface area contributed by atoms with Crippen molar-refractivity contribution in [2.24, 2.45) is 0 Å². The second kappa shape index (κ2) is 8.58. The second-order valence-electron chi connectivity index (χ2n) is 5.16. The predicted octanol–water partition coefficient (Wildman–Crippen LogP) is 1.40. The summed E-state index contributed by atoms with van der Waals surface area (Å²) >= 11 is 1.58. The Morgan fingerprint density at radius 3 is 2.83 bits per heavy atom. The van der Waals surface area contributed by atoms with E-state index < -0.39 is 17.8 Å². The Morgan fingerprint density at radius 2 is 2.12 bits per heavy atom. The van der Waals surface area contributed by atoms with Crippen molar-refractivity contribution in [3.05, 3.63) is 34.8 Å². The van der Waals surface area contributed by atoms with Gasteiger partial charge in [0.25, 0.3) is 0 Å². The first-order valence-electron chi connectivity index (χ1n) is 7.51. The van der Waals surface area contributed by atoms with Crippen LogP contribution in [0.5, 0.6) is 0 Å². The van der Waals surface area contributed by atoms with E-state index >= 15 is 0 Å². The number of fused-ring (bicyclic) bond motifs is 1. The number of nitrogens with one attached hydrogen (secondary N) is 1. The van der Waals surface area contributed by atoms with Gasteiger partial charge in [0.05, 0.1) is 12.6 Å². The Labute approximate surface area is 143 Å². The van der Waals surface area contributed by atoms with E-state index in [-0.39, 0.29) is 18.9 Å². The number of rotatable bonds is 8. The zero-order valence-electron chi connectivity index (χ0n) is 13.6. The molecule has 1 heterocycles. The molecule has 24 heavy (non-hydrogen) atoms. The van der Waals surface area contributed by atoms with E-state index in [0.29, 0.717) is 17.5 Å². The first kappa shape index (κ1) is 18.1. The van der Waals surface area contributed by atoms with Crippen molar-refractivity contribution < 1.29 is 18.7 Å². The topological polar surface area (TPSA) is 90.5 Å². The Bertz CT molecular complexity index is 767. The third-order valence-corrected chi connectivity index (χ3v) is 4.21. The molecule has 1 amide bonds. The molecule has 0 spiro atoms. The summed E-state index contributed by atoms with van der Waals surface area (Å²) in [6.45, 7) is 0.179. The van der Waals surface area contributed by atoms with Crippen LogP contribution in [0.25, 0.3) is 11.1 Å². The smallest absolute Gasteiger partial charge is 0.419 e. The van der Waals surface area contributed by atoms with E-state index in [0.717, 1.165) is 5.75 Å². The van der Waals surface area contributed by atoms with Gasteiger partial charge in [-0.3, -0.25) is 9.36 Å². The minimum Gasteiger partial charge on any atom is -0.467 e. The Kier molecular flexibility index (Phi) is 6.48. The maximum absolute atomic E-state index is 12.1. The SMILES string of the molecule is COC(=O)[C@H](CCSC)NC(=O)CCn1c(=O)oc2ccccc21. The number of hydrogen-bond donors (Lipinski definition) is 1. The van der Waals surface area contributed by atoms with Crippen LogP contribution in [0.1, 0.15) is 12.8 Å². The number of oxazole rings is 1. The molecule has 0 saturated carbocycles. The van der Waals surface area contributed by atoms with E-state index in [1.807, 2.05) is 6.26 Å². The number of aryl methyl sites for hydroxylation is 1. The number of benzene rings is 1. The maximum Gasteiger partial charge on any atom is 0.419 e. The molecule has 0 aliphatic rings. The summed E-state index contributed by atoms with van der Waals surface area (Å²) in [5.41, 5.74) is 1.12. The number of aromatic nitrogens is 1. The van der Waals surface area contributed by atoms with Crippen LogP contribution >= 0.6 is 11.8 Å². The van der Waals surface area contributed by atoms with Gasteiger partial charge in [-0.05, 0) is 30.6 Å². The number of esters is 1. The number of carbonyl (C=O) groups excluding carboxylic acids is 2. The highest BCUT2D eigenvalue weighted by molar-refractivity contribution is 7.98. The molecule has 0 fully saturated rings. The van der Waals surface area contributed by atoms with Crippen LogP contribution in [0.4, 0.5) is 0 Å². The second-order valence-corrected chi connectivity index (χ2v) is 6.15. The van der Waals surface area contributed by atoms with Crippen LogP contribution < -0.4 is 11.1 Å². The molecule has 8 heteroatoms. The zero-order valence-corrected chi connectivity index (χ0v) is 14.4. The van der Waals surface area contributed by atoms with Gasteiger partial charge in [-0.2, -0.15) is 11.8 Å². The summed E-state index contributed by atoms with van der Waals surface area (Å²) in [5.74, 6) is -0.561. The highest BCUT2D eigenvalue weighted by Crippen LogP contribution is 2.12. The third kappa shape index (κ3) is 4.41. The normalized spacial score (nSPS) is 12.1. The van der Waals surface area contributed by atoms with Gasteiger partial charge in [-0.25, -0.2) is 9.59 Å². The molecule has 7 nitrogen and oxygen atoms in total. The molecule has 1 atom stereocenters. The summed E-state index contributed by atoms with van der Waals surface area (Å²) < 4.78 is 11.2. The number of para-hydroxylation sites is 2. The number of nitrogens with zero attached hydrogens (tertiary/aromatic N) is 1. The average Bonchev–Trinajstić information content (AvgIpc) is 2.91. The van der Waals surface area contributed by atoms with Crippen LogP contribution in [0.2, 0.25) is 0 Å². The lowest BCUT2D eigenvalue weighted by molar-refractivity contribution is -0.145. The Hall–Kier alpha value is -2.22. The van der Waals surface area contributed by atoms with Crippen LogP contribution in [0.15, 0.2) is 33.5 Å². The predicted molar refractivity (Wildman–Crippen MR) is 92.0 cm³/mol. The van der Waals surface area contributed by atoms with Gasteiger partial charge < -0.3 is 14.5 Å². The number of methoxy groups -OCH3 is 1. The minimum atomic E-state index is -0.673. The maximum atomic E-state index is 12.1. The van der Waals surface area contributed by atoms with Crippen LogP contribution in [0.3, 0.4) is 0 Å². The zero-order chi connectivity index (χ0) is 17.5. The summed E-state index contributed by atoms with van der Waals surface area (Å²) in [5, 5.41) is 2.66. The standard InChI is InChI=1S/C16H20N2O5S/c1-22-15(20)11(8-10-24-2)17-14(19)7-9-18-12-5-3-4-6-13(12)23-16(18)21/h3-6,11H,7-10H2,1-2H3,(H,17,19)/t11-/m0/s1. The van der Waals surface area contributed by atoms with E-state index in [1.54, 1.807) is 36.0 Å². The fourth-order valence-corrected chi connectivity index (χ4v) is 2.80. The van der Waals surface area contributed by atoms with Gasteiger partial charge in [0.1, 0.15) is 6.04 Å². The van der Waals surface area contributed by atoms with Gasteiger partial charge in [0.15, 0.2) is 5.58 Å². The quantitative estimate of drug-likeness (QED) is 0.722. The molecule has 0 radical (unpaired) electrons. The summed E-state index contributed by atoms with van der Waals surface area (Å²) in [7, 11) is 1.29. The summed E-state index contributed by atoms with van der Waals surface area (Å²) in [6, 6.07) is 6.35. The number of thioether (sulfide) groups is 1. The largest absolute Gasteiger partial charge is 0.467 e. The number of carbonyl (C=O) groups is 2. The summed E-state index contributed by atoms with van der Waals surface area (Å²) in [6.07, 6.45) is 2.48. The molecule has 1 aromatic carbocycles. The molecule has 1 aromatic heterocycles. The van der Waals surface area contributed by atoms with E-state index in [4.69, 9.17) is 9.15 Å². The van der Waals surface area contributed by atoms with E-state index in [9.17, 15) is 14.4 Å². The van der Waals surface area contributed by atoms with Gasteiger partial charge >= 0.3 is 11.7 Å². The van der Waals surface area contributed by atoms with Crippen molar-refractivity contribution in [1.29, 1.82) is 0 Å². The minimum absolute atomic E-state index is 0.0657. The average molecular weight is 352 g/mol. The van der Waals surface area contributed by atoms with Crippen LogP contribution in [-0.2, 0) is 20.9 Å². The molecule has 0 aliphatic heterocycles. The van der Waals surface area contributed by atoms with Crippen molar-refractivity contribution >= 4 is 34.7 Å². The van der Waals surface area contributed by atoms with Crippen molar-refractivity contribution in [1.82, 2.24) is 9.88 Å². The third-order valence-electron chi connectivity index (χ3n) is 3.57. The molecule has 2 rings (SSSR count). The van der Waals surface area contributed by atoms with Crippen LogP contribution in [0, 0.1) is 0 Å². The Balaban J connectivity index is 1.99. The monoisotopic (exact) mass is 352 g/mol. The first-order chi connectivity index (χ1) is 11.6. The Morgan fingerprint density at radius 1 is 1.38 bits per heavy atom. The number of hydrogen-bond acceptors (Lipinski definition) is 6. The van der Waals surface area contributed by atoms with E-state index in [2.05, 4.69) is 5.32 Å². The summed E-state index contributed by atoms with van der Waals surface area (Å²) in [4.78, 5) is 35.7. The molecular formula is C16H20N2O5S.